The minimum Gasteiger partial charge on any atom is -0.488 e. The number of amides is 2. The maximum absolute atomic E-state index is 14.5. The summed E-state index contributed by atoms with van der Waals surface area (Å²) in [6.07, 6.45) is 1.98. The van der Waals surface area contributed by atoms with Crippen LogP contribution in [0.15, 0.2) is 42.6 Å². The minimum atomic E-state index is -0.488. The zero-order valence-corrected chi connectivity index (χ0v) is 22.9. The highest BCUT2D eigenvalue weighted by Crippen LogP contribution is 2.27. The number of rotatable bonds is 12. The van der Waals surface area contributed by atoms with Crippen LogP contribution in [-0.2, 0) is 18.2 Å². The maximum Gasteiger partial charge on any atom is 0.291 e. The third-order valence-corrected chi connectivity index (χ3v) is 5.56. The molecule has 0 aliphatic carbocycles. The molecule has 0 saturated carbocycles. The van der Waals surface area contributed by atoms with Crippen molar-refractivity contribution in [2.45, 2.75) is 33.3 Å². The van der Waals surface area contributed by atoms with E-state index >= 15 is 0 Å². The van der Waals surface area contributed by atoms with Crippen LogP contribution in [0.1, 0.15) is 47.3 Å². The van der Waals surface area contributed by atoms with Crippen LogP contribution in [0.2, 0.25) is 0 Å². The molecule has 1 heterocycles. The third-order valence-electron chi connectivity index (χ3n) is 5.56. The quantitative estimate of drug-likeness (QED) is 0.295. The second-order valence-corrected chi connectivity index (χ2v) is 8.67. The summed E-state index contributed by atoms with van der Waals surface area (Å²) in [6.45, 7) is 7.22. The van der Waals surface area contributed by atoms with Gasteiger partial charge in [0.05, 0.1) is 31.2 Å². The number of benzene rings is 2. The van der Waals surface area contributed by atoms with Gasteiger partial charge < -0.3 is 30.4 Å². The van der Waals surface area contributed by atoms with E-state index in [0.29, 0.717) is 55.2 Å². The number of hydrogen-bond acceptors (Lipinski definition) is 6. The number of ether oxygens (including phenoxy) is 2. The molecular formula is C27H35ClFN5O4. The number of nitrogens with one attached hydrogen (secondary N) is 2. The van der Waals surface area contributed by atoms with Crippen molar-refractivity contribution in [1.82, 2.24) is 14.9 Å². The summed E-state index contributed by atoms with van der Waals surface area (Å²) in [4.78, 5) is 29.8. The van der Waals surface area contributed by atoms with Crippen molar-refractivity contribution in [3.8, 4) is 17.0 Å². The van der Waals surface area contributed by atoms with E-state index in [9.17, 15) is 14.0 Å². The Morgan fingerprint density at radius 2 is 1.89 bits per heavy atom. The van der Waals surface area contributed by atoms with Gasteiger partial charge in [0.2, 0.25) is 0 Å². The van der Waals surface area contributed by atoms with Gasteiger partial charge in [-0.15, -0.1) is 12.4 Å². The van der Waals surface area contributed by atoms with Crippen LogP contribution in [0.3, 0.4) is 0 Å². The Labute approximate surface area is 228 Å². The van der Waals surface area contributed by atoms with E-state index in [0.717, 1.165) is 5.56 Å². The van der Waals surface area contributed by atoms with Crippen molar-refractivity contribution in [3.05, 3.63) is 65.4 Å². The van der Waals surface area contributed by atoms with Crippen molar-refractivity contribution in [2.24, 2.45) is 12.8 Å². The number of carbonyl (C=O) groups excluding carboxylic acids is 2. The molecule has 0 fully saturated rings. The summed E-state index contributed by atoms with van der Waals surface area (Å²) in [7, 11) is 1.69. The molecule has 9 nitrogen and oxygen atoms in total. The first-order valence-electron chi connectivity index (χ1n) is 12.2. The highest BCUT2D eigenvalue weighted by Gasteiger charge is 2.18. The van der Waals surface area contributed by atoms with Crippen LogP contribution >= 0.6 is 12.4 Å². The zero-order valence-electron chi connectivity index (χ0n) is 22.0. The number of aromatic nitrogens is 2. The Kier molecular flexibility index (Phi) is 11.7. The van der Waals surface area contributed by atoms with Gasteiger partial charge in [0, 0.05) is 37.0 Å². The molecule has 0 aliphatic rings. The molecular weight excluding hydrogens is 513 g/mol. The van der Waals surface area contributed by atoms with Crippen molar-refractivity contribution >= 4 is 29.9 Å². The maximum atomic E-state index is 14.5. The monoisotopic (exact) mass is 547 g/mol. The number of hydrogen-bond donors (Lipinski definition) is 3. The lowest BCUT2D eigenvalue weighted by Gasteiger charge is -2.13. The average molecular weight is 548 g/mol. The summed E-state index contributed by atoms with van der Waals surface area (Å²) in [5, 5.41) is 5.65. The Morgan fingerprint density at radius 1 is 1.13 bits per heavy atom. The van der Waals surface area contributed by atoms with Gasteiger partial charge in [-0.05, 0) is 62.2 Å². The molecule has 2 aromatic carbocycles. The van der Waals surface area contributed by atoms with Crippen LogP contribution in [0.25, 0.3) is 11.3 Å². The van der Waals surface area contributed by atoms with Crippen LogP contribution < -0.4 is 21.1 Å². The fourth-order valence-corrected chi connectivity index (χ4v) is 3.79. The van der Waals surface area contributed by atoms with E-state index in [4.69, 9.17) is 15.2 Å². The normalized spacial score (nSPS) is 10.7. The molecule has 206 valence electrons. The van der Waals surface area contributed by atoms with E-state index in [2.05, 4.69) is 15.6 Å². The summed E-state index contributed by atoms with van der Waals surface area (Å²) in [6, 6.07) is 9.76. The molecule has 0 spiro atoms. The van der Waals surface area contributed by atoms with Crippen LogP contribution in [-0.4, -0.2) is 53.8 Å². The second-order valence-electron chi connectivity index (χ2n) is 8.67. The van der Waals surface area contributed by atoms with Crippen LogP contribution in [0, 0.1) is 5.82 Å². The van der Waals surface area contributed by atoms with E-state index in [1.54, 1.807) is 41.9 Å². The van der Waals surface area contributed by atoms with Gasteiger partial charge in [0.15, 0.2) is 17.4 Å². The van der Waals surface area contributed by atoms with Gasteiger partial charge in [-0.3, -0.25) is 9.59 Å². The molecule has 0 radical (unpaired) electrons. The zero-order chi connectivity index (χ0) is 26.9. The third kappa shape index (κ3) is 7.77. The van der Waals surface area contributed by atoms with Crippen molar-refractivity contribution in [3.63, 3.8) is 0 Å². The van der Waals surface area contributed by atoms with Gasteiger partial charge in [-0.1, -0.05) is 6.92 Å². The standard InChI is InChI=1S/C27H34FN5O4.ClH/c1-5-18-14-20(7-8-21(18)26(34)30-11-13-36-12-10-29)32-27(35)25-31-16-23(33(25)4)19-6-9-24(22(28)15-19)37-17(2)3;/h6-9,14-17H,5,10-13,29H2,1-4H3,(H,30,34)(H,32,35);1H. The molecule has 1 aromatic heterocycles. The molecule has 0 bridgehead atoms. The predicted octanol–water partition coefficient (Wildman–Crippen LogP) is 3.96. The van der Waals surface area contributed by atoms with Gasteiger partial charge >= 0.3 is 0 Å². The Bertz CT molecular complexity index is 1250. The van der Waals surface area contributed by atoms with Crippen molar-refractivity contribution < 1.29 is 23.5 Å². The number of carbonyl (C=O) groups is 2. The largest absolute Gasteiger partial charge is 0.488 e. The van der Waals surface area contributed by atoms with Crippen molar-refractivity contribution in [1.29, 1.82) is 0 Å². The number of nitrogens with two attached hydrogens (primary N) is 1. The van der Waals surface area contributed by atoms with E-state index in [1.807, 2.05) is 20.8 Å². The van der Waals surface area contributed by atoms with Gasteiger partial charge in [0.25, 0.3) is 11.8 Å². The van der Waals surface area contributed by atoms with E-state index < -0.39 is 11.7 Å². The summed E-state index contributed by atoms with van der Waals surface area (Å²) in [5.74, 6) is -0.794. The fraction of sp³-hybridized carbons (Fsp3) is 0.370. The SMILES string of the molecule is CCc1cc(NC(=O)c2ncc(-c3ccc(OC(C)C)c(F)c3)n2C)ccc1C(=O)NCCOCCN.Cl. The highest BCUT2D eigenvalue weighted by molar-refractivity contribution is 6.03. The Hall–Kier alpha value is -3.47. The Balaban J connectivity index is 0.00000507. The van der Waals surface area contributed by atoms with Crippen LogP contribution in [0.5, 0.6) is 5.75 Å². The summed E-state index contributed by atoms with van der Waals surface area (Å²) >= 11 is 0. The number of nitrogens with zero attached hydrogens (tertiary/aromatic N) is 2. The smallest absolute Gasteiger partial charge is 0.291 e. The molecule has 3 aromatic rings. The molecule has 38 heavy (non-hydrogen) atoms. The minimum absolute atomic E-state index is 0. The first-order chi connectivity index (χ1) is 17.7. The number of anilines is 1. The molecule has 4 N–H and O–H groups in total. The average Bonchev–Trinajstić information content (AvgIpc) is 3.26. The van der Waals surface area contributed by atoms with Gasteiger partial charge in [0.1, 0.15) is 0 Å². The second kappa shape index (κ2) is 14.5. The van der Waals surface area contributed by atoms with E-state index in [-0.39, 0.29) is 36.0 Å². The van der Waals surface area contributed by atoms with E-state index in [1.165, 1.54) is 12.3 Å². The van der Waals surface area contributed by atoms with Gasteiger partial charge in [-0.2, -0.15) is 0 Å². The topological polar surface area (TPSA) is 120 Å². The van der Waals surface area contributed by atoms with Crippen molar-refractivity contribution in [2.75, 3.05) is 31.6 Å². The van der Waals surface area contributed by atoms with Crippen LogP contribution in [0.4, 0.5) is 10.1 Å². The first kappa shape index (κ1) is 30.8. The summed E-state index contributed by atoms with van der Waals surface area (Å²) in [5.41, 5.74) is 8.39. The molecule has 0 atom stereocenters. The Morgan fingerprint density at radius 3 is 2.55 bits per heavy atom. The number of aryl methyl sites for hydroxylation is 1. The lowest BCUT2D eigenvalue weighted by atomic mass is 10.0. The molecule has 0 aliphatic heterocycles. The van der Waals surface area contributed by atoms with Gasteiger partial charge in [-0.25, -0.2) is 9.37 Å². The number of imidazole rings is 1. The molecule has 3 rings (SSSR count). The number of halogens is 2. The predicted molar refractivity (Wildman–Crippen MR) is 148 cm³/mol. The lowest BCUT2D eigenvalue weighted by molar-refractivity contribution is 0.0918. The summed E-state index contributed by atoms with van der Waals surface area (Å²) < 4.78 is 26.8. The molecule has 11 heteroatoms. The molecule has 2 amide bonds. The fourth-order valence-electron chi connectivity index (χ4n) is 3.79. The molecule has 0 saturated heterocycles. The molecule has 0 unspecified atom stereocenters. The highest BCUT2D eigenvalue weighted by atomic mass is 35.5. The first-order valence-corrected chi connectivity index (χ1v) is 12.2. The lowest BCUT2D eigenvalue weighted by Crippen LogP contribution is -2.28.